The van der Waals surface area contributed by atoms with Crippen molar-refractivity contribution in [2.75, 3.05) is 13.2 Å². The number of carbonyl (C=O) groups is 3. The Labute approximate surface area is 374 Å². The van der Waals surface area contributed by atoms with Gasteiger partial charge >= 0.3 is 17.9 Å². The second-order valence-electron chi connectivity index (χ2n) is 18.5. The predicted molar refractivity (Wildman–Crippen MR) is 257 cm³/mol. The summed E-state index contributed by atoms with van der Waals surface area (Å²) < 4.78 is 16.8. The molecule has 356 valence electrons. The minimum absolute atomic E-state index is 0.0625. The van der Waals surface area contributed by atoms with Crippen molar-refractivity contribution in [2.24, 2.45) is 0 Å². The van der Waals surface area contributed by atoms with Crippen molar-refractivity contribution in [2.45, 2.75) is 316 Å². The average Bonchev–Trinajstić information content (AvgIpc) is 3.24. The van der Waals surface area contributed by atoms with Gasteiger partial charge in [0.05, 0.1) is 0 Å². The van der Waals surface area contributed by atoms with Crippen LogP contribution in [0, 0.1) is 0 Å². The van der Waals surface area contributed by atoms with Crippen LogP contribution < -0.4 is 0 Å². The number of hydrogen-bond donors (Lipinski definition) is 0. The molecule has 0 amide bonds. The van der Waals surface area contributed by atoms with Crippen molar-refractivity contribution < 1.29 is 28.6 Å². The maximum absolute atomic E-state index is 12.7. The molecule has 60 heavy (non-hydrogen) atoms. The number of ether oxygens (including phenoxy) is 3. The van der Waals surface area contributed by atoms with Crippen molar-refractivity contribution >= 4 is 17.9 Å². The lowest BCUT2D eigenvalue weighted by molar-refractivity contribution is -0.167. The molecule has 0 unspecified atom stereocenters. The molecule has 0 saturated heterocycles. The summed E-state index contributed by atoms with van der Waals surface area (Å²) in [4.78, 5) is 37.8. The number of rotatable bonds is 50. The van der Waals surface area contributed by atoms with Crippen molar-refractivity contribution in [3.63, 3.8) is 0 Å². The van der Waals surface area contributed by atoms with Gasteiger partial charge in [-0.15, -0.1) is 0 Å². The van der Waals surface area contributed by atoms with Gasteiger partial charge in [-0.05, 0) is 19.3 Å². The Morgan fingerprint density at radius 1 is 0.267 bits per heavy atom. The van der Waals surface area contributed by atoms with Gasteiger partial charge in [0, 0.05) is 19.3 Å². The van der Waals surface area contributed by atoms with Gasteiger partial charge < -0.3 is 14.2 Å². The molecule has 0 radical (unpaired) electrons. The van der Waals surface area contributed by atoms with Crippen LogP contribution in [-0.4, -0.2) is 37.2 Å². The van der Waals surface area contributed by atoms with Crippen LogP contribution in [0.4, 0.5) is 0 Å². The fourth-order valence-electron chi connectivity index (χ4n) is 8.27. The Bertz CT molecular complexity index is 889. The molecule has 0 spiro atoms. The van der Waals surface area contributed by atoms with Crippen LogP contribution >= 0.6 is 0 Å². The highest BCUT2D eigenvalue weighted by Crippen LogP contribution is 2.17. The SMILES string of the molecule is CCCCCCCCCCCCCCCCCCCCC(=O)OC[C@@H](COC(=O)CCCCCCCCCCCCCCCCCCC)OC(=O)CCCCCCCCC. The summed E-state index contributed by atoms with van der Waals surface area (Å²) in [6, 6.07) is 0. The summed E-state index contributed by atoms with van der Waals surface area (Å²) in [6.07, 6.45) is 53.9. The lowest BCUT2D eigenvalue weighted by Gasteiger charge is -2.18. The third-order valence-corrected chi connectivity index (χ3v) is 12.4. The molecule has 0 aliphatic rings. The van der Waals surface area contributed by atoms with Gasteiger partial charge in [0.15, 0.2) is 6.10 Å². The summed E-state index contributed by atoms with van der Waals surface area (Å²) in [7, 11) is 0. The number of carbonyl (C=O) groups excluding carboxylic acids is 3. The molecule has 0 aromatic carbocycles. The first kappa shape index (κ1) is 58.4. The molecule has 0 fully saturated rings. The van der Waals surface area contributed by atoms with Gasteiger partial charge in [0.1, 0.15) is 13.2 Å². The van der Waals surface area contributed by atoms with E-state index in [2.05, 4.69) is 20.8 Å². The smallest absolute Gasteiger partial charge is 0.306 e. The third-order valence-electron chi connectivity index (χ3n) is 12.4. The molecule has 6 nitrogen and oxygen atoms in total. The minimum Gasteiger partial charge on any atom is -0.462 e. The highest BCUT2D eigenvalue weighted by Gasteiger charge is 2.19. The van der Waals surface area contributed by atoms with Crippen molar-refractivity contribution in [3.05, 3.63) is 0 Å². The summed E-state index contributed by atoms with van der Waals surface area (Å²) in [5, 5.41) is 0. The number of esters is 3. The molecule has 6 heteroatoms. The number of hydrogen-bond acceptors (Lipinski definition) is 6. The first-order valence-corrected chi connectivity index (χ1v) is 27.0. The Balaban J connectivity index is 4.12. The van der Waals surface area contributed by atoms with Crippen molar-refractivity contribution in [1.29, 1.82) is 0 Å². The molecule has 0 rings (SSSR count). The van der Waals surface area contributed by atoms with Crippen LogP contribution in [0.25, 0.3) is 0 Å². The zero-order valence-electron chi connectivity index (χ0n) is 40.8. The minimum atomic E-state index is -0.758. The standard InChI is InChI=1S/C54H104O6/c1-4-7-10-13-16-18-20-22-24-26-28-30-32-34-36-39-41-44-47-53(56)59-50-51(60-54(57)48-45-42-37-15-12-9-6-3)49-58-52(55)46-43-40-38-35-33-31-29-27-25-23-21-19-17-14-11-8-5-2/h51H,4-50H2,1-3H3/t51-/m1/s1. The van der Waals surface area contributed by atoms with E-state index in [4.69, 9.17) is 14.2 Å². The van der Waals surface area contributed by atoms with E-state index in [1.165, 1.54) is 212 Å². The molecule has 0 aromatic heterocycles. The van der Waals surface area contributed by atoms with E-state index in [9.17, 15) is 14.4 Å². The Morgan fingerprint density at radius 3 is 0.667 bits per heavy atom. The number of unbranched alkanes of at least 4 members (excludes halogenated alkanes) is 39. The van der Waals surface area contributed by atoms with Gasteiger partial charge in [-0.2, -0.15) is 0 Å². The highest BCUT2D eigenvalue weighted by atomic mass is 16.6. The fraction of sp³-hybridized carbons (Fsp3) is 0.944. The van der Waals surface area contributed by atoms with Gasteiger partial charge in [-0.3, -0.25) is 14.4 Å². The largest absolute Gasteiger partial charge is 0.462 e. The van der Waals surface area contributed by atoms with Crippen LogP contribution in [-0.2, 0) is 28.6 Å². The van der Waals surface area contributed by atoms with E-state index in [1.807, 2.05) is 0 Å². The first-order chi connectivity index (χ1) is 29.5. The molecule has 0 bridgehead atoms. The lowest BCUT2D eigenvalue weighted by Crippen LogP contribution is -2.30. The van der Waals surface area contributed by atoms with Crippen molar-refractivity contribution in [3.8, 4) is 0 Å². The van der Waals surface area contributed by atoms with Crippen LogP contribution in [0.5, 0.6) is 0 Å². The van der Waals surface area contributed by atoms with E-state index < -0.39 is 6.10 Å². The molecular weight excluding hydrogens is 745 g/mol. The molecule has 0 aliphatic heterocycles. The molecule has 1 atom stereocenters. The topological polar surface area (TPSA) is 78.9 Å². The molecular formula is C54H104O6. The van der Waals surface area contributed by atoms with E-state index >= 15 is 0 Å². The molecule has 0 aliphatic carbocycles. The van der Waals surface area contributed by atoms with Crippen LogP contribution in [0.15, 0.2) is 0 Å². The van der Waals surface area contributed by atoms with E-state index in [0.29, 0.717) is 19.3 Å². The zero-order chi connectivity index (χ0) is 43.7. The lowest BCUT2D eigenvalue weighted by atomic mass is 10.0. The summed E-state index contributed by atoms with van der Waals surface area (Å²) in [5.74, 6) is -0.846. The quantitative estimate of drug-likeness (QED) is 0.0345. The zero-order valence-corrected chi connectivity index (χ0v) is 40.8. The second kappa shape index (κ2) is 50.1. The summed E-state index contributed by atoms with van der Waals surface area (Å²) in [6.45, 7) is 6.65. The Hall–Kier alpha value is -1.59. The van der Waals surface area contributed by atoms with Crippen LogP contribution in [0.3, 0.4) is 0 Å². The van der Waals surface area contributed by atoms with Gasteiger partial charge in [-0.25, -0.2) is 0 Å². The summed E-state index contributed by atoms with van der Waals surface area (Å²) in [5.41, 5.74) is 0. The summed E-state index contributed by atoms with van der Waals surface area (Å²) >= 11 is 0. The normalized spacial score (nSPS) is 11.8. The predicted octanol–water partition coefficient (Wildman–Crippen LogP) is 17.6. The second-order valence-corrected chi connectivity index (χ2v) is 18.5. The first-order valence-electron chi connectivity index (χ1n) is 27.0. The van der Waals surface area contributed by atoms with E-state index in [0.717, 1.165) is 57.8 Å². The Kier molecular flexibility index (Phi) is 48.7. The molecule has 0 aromatic rings. The van der Waals surface area contributed by atoms with Crippen LogP contribution in [0.1, 0.15) is 310 Å². The Morgan fingerprint density at radius 2 is 0.450 bits per heavy atom. The fourth-order valence-corrected chi connectivity index (χ4v) is 8.27. The van der Waals surface area contributed by atoms with E-state index in [1.54, 1.807) is 0 Å². The van der Waals surface area contributed by atoms with Crippen LogP contribution in [0.2, 0.25) is 0 Å². The van der Waals surface area contributed by atoms with Crippen molar-refractivity contribution in [1.82, 2.24) is 0 Å². The van der Waals surface area contributed by atoms with Gasteiger partial charge in [0.2, 0.25) is 0 Å². The highest BCUT2D eigenvalue weighted by molar-refractivity contribution is 5.71. The monoisotopic (exact) mass is 849 g/mol. The van der Waals surface area contributed by atoms with Gasteiger partial charge in [0.25, 0.3) is 0 Å². The molecule has 0 heterocycles. The maximum atomic E-state index is 12.7. The average molecular weight is 849 g/mol. The maximum Gasteiger partial charge on any atom is 0.306 e. The van der Waals surface area contributed by atoms with E-state index in [-0.39, 0.29) is 31.1 Å². The van der Waals surface area contributed by atoms with Gasteiger partial charge in [-0.1, -0.05) is 271 Å². The molecule has 0 saturated carbocycles. The molecule has 0 N–H and O–H groups in total. The third kappa shape index (κ3) is 47.5.